The molecule has 0 bridgehead atoms. The van der Waals surface area contributed by atoms with Gasteiger partial charge in [0.15, 0.2) is 15.6 Å². The predicted octanol–water partition coefficient (Wildman–Crippen LogP) is 4.56. The highest BCUT2D eigenvalue weighted by molar-refractivity contribution is 7.92. The van der Waals surface area contributed by atoms with E-state index in [1.54, 1.807) is 6.20 Å². The first-order chi connectivity index (χ1) is 14.6. The van der Waals surface area contributed by atoms with Gasteiger partial charge < -0.3 is 0 Å². The lowest BCUT2D eigenvalue weighted by Crippen LogP contribution is -2.47. The fourth-order valence-corrected chi connectivity index (χ4v) is 6.97. The number of Topliss-reactive ketones (excluding diaryl/α,β-unsaturated/α-hetero) is 1. The molecule has 0 unspecified atom stereocenters. The molecule has 1 saturated carbocycles. The number of aromatic nitrogens is 3. The second-order valence-electron chi connectivity index (χ2n) is 9.82. The van der Waals surface area contributed by atoms with Gasteiger partial charge in [0.05, 0.1) is 17.0 Å². The smallest absolute Gasteiger partial charge is 0.165 e. The molecule has 162 valence electrons. The monoisotopic (exact) mass is 437 g/mol. The van der Waals surface area contributed by atoms with Gasteiger partial charge in [0.1, 0.15) is 11.2 Å². The lowest BCUT2D eigenvalue weighted by molar-refractivity contribution is 0.0936. The first kappa shape index (κ1) is 20.4. The Balaban J connectivity index is 1.52. The predicted molar refractivity (Wildman–Crippen MR) is 121 cm³/mol. The van der Waals surface area contributed by atoms with Crippen molar-refractivity contribution in [2.75, 3.05) is 11.5 Å². The van der Waals surface area contributed by atoms with E-state index in [9.17, 15) is 13.2 Å². The number of rotatable bonds is 6. The molecular weight excluding hydrogens is 410 g/mol. The topological polar surface area (TPSA) is 81.9 Å². The molecule has 3 heterocycles. The number of hydrogen-bond donors (Lipinski definition) is 0. The molecule has 2 fully saturated rings. The molecule has 7 heteroatoms. The minimum absolute atomic E-state index is 0.0689. The van der Waals surface area contributed by atoms with Crippen LogP contribution in [0.5, 0.6) is 0 Å². The molecule has 5 rings (SSSR count). The summed E-state index contributed by atoms with van der Waals surface area (Å²) in [7, 11) is -2.98. The quantitative estimate of drug-likeness (QED) is 0.528. The van der Waals surface area contributed by atoms with E-state index in [2.05, 4.69) is 43.1 Å². The standard InChI is InChI=1S/C24H27N3O3S/c1-15(2)27-20-10-19(21(28)11-24(3)13-31(29,30)14-24)12-25-23(20)22(26-27)18-6-4-5-17(9-18)16-7-8-16/h4-6,9-10,12,15-16H,7-8,11,13-14H2,1-3H3. The summed E-state index contributed by atoms with van der Waals surface area (Å²) in [6, 6.07) is 10.5. The van der Waals surface area contributed by atoms with E-state index in [-0.39, 0.29) is 29.8 Å². The Hall–Kier alpha value is -2.54. The lowest BCUT2D eigenvalue weighted by Gasteiger charge is -2.37. The highest BCUT2D eigenvalue weighted by Gasteiger charge is 2.45. The van der Waals surface area contributed by atoms with Gasteiger partial charge in [0.2, 0.25) is 0 Å². The van der Waals surface area contributed by atoms with Crippen LogP contribution >= 0.6 is 0 Å². The van der Waals surface area contributed by atoms with Crippen molar-refractivity contribution in [1.29, 1.82) is 0 Å². The summed E-state index contributed by atoms with van der Waals surface area (Å²) in [6.45, 7) is 5.98. The van der Waals surface area contributed by atoms with Gasteiger partial charge in [-0.2, -0.15) is 5.10 Å². The van der Waals surface area contributed by atoms with Crippen molar-refractivity contribution in [3.63, 3.8) is 0 Å². The second-order valence-corrected chi connectivity index (χ2v) is 11.9. The number of benzene rings is 1. The van der Waals surface area contributed by atoms with E-state index < -0.39 is 15.3 Å². The molecule has 1 aliphatic carbocycles. The molecule has 3 aromatic rings. The number of fused-ring (bicyclic) bond motifs is 1. The van der Waals surface area contributed by atoms with E-state index in [4.69, 9.17) is 5.10 Å². The molecule has 2 aliphatic rings. The highest BCUT2D eigenvalue weighted by Crippen LogP contribution is 2.42. The van der Waals surface area contributed by atoms with Crippen molar-refractivity contribution in [2.24, 2.45) is 5.41 Å². The molecule has 0 amide bonds. The van der Waals surface area contributed by atoms with E-state index >= 15 is 0 Å². The minimum atomic E-state index is -2.98. The first-order valence-corrected chi connectivity index (χ1v) is 12.7. The van der Waals surface area contributed by atoms with Crippen LogP contribution in [0, 0.1) is 5.41 Å². The number of carbonyl (C=O) groups is 1. The van der Waals surface area contributed by atoms with Gasteiger partial charge in [0.25, 0.3) is 0 Å². The number of ketones is 1. The second kappa shape index (κ2) is 6.99. The Morgan fingerprint density at radius 1 is 1.23 bits per heavy atom. The molecule has 31 heavy (non-hydrogen) atoms. The molecule has 0 radical (unpaired) electrons. The third-order valence-electron chi connectivity index (χ3n) is 6.29. The zero-order valence-corrected chi connectivity index (χ0v) is 18.9. The molecule has 1 saturated heterocycles. The number of nitrogens with zero attached hydrogens (tertiary/aromatic N) is 3. The van der Waals surface area contributed by atoms with Crippen LogP contribution in [0.25, 0.3) is 22.3 Å². The van der Waals surface area contributed by atoms with Crippen LogP contribution in [0.4, 0.5) is 0 Å². The fraction of sp³-hybridized carbons (Fsp3) is 0.458. The van der Waals surface area contributed by atoms with Crippen molar-refractivity contribution in [3.05, 3.63) is 47.7 Å². The van der Waals surface area contributed by atoms with Crippen LogP contribution in [0.15, 0.2) is 36.5 Å². The van der Waals surface area contributed by atoms with Crippen LogP contribution < -0.4 is 0 Å². The lowest BCUT2D eigenvalue weighted by atomic mass is 9.86. The van der Waals surface area contributed by atoms with Crippen LogP contribution in [-0.2, 0) is 9.84 Å². The zero-order chi connectivity index (χ0) is 22.0. The number of hydrogen-bond acceptors (Lipinski definition) is 5. The van der Waals surface area contributed by atoms with Crippen molar-refractivity contribution in [1.82, 2.24) is 14.8 Å². The molecule has 2 aromatic heterocycles. The zero-order valence-electron chi connectivity index (χ0n) is 18.1. The molecule has 0 atom stereocenters. The van der Waals surface area contributed by atoms with E-state index in [1.165, 1.54) is 18.4 Å². The Morgan fingerprint density at radius 2 is 1.97 bits per heavy atom. The van der Waals surface area contributed by atoms with Gasteiger partial charge in [-0.3, -0.25) is 14.5 Å². The molecule has 0 spiro atoms. The van der Waals surface area contributed by atoms with Crippen molar-refractivity contribution >= 4 is 26.7 Å². The summed E-state index contributed by atoms with van der Waals surface area (Å²) in [5.41, 5.74) is 4.89. The average Bonchev–Trinajstić information content (AvgIpc) is 3.46. The van der Waals surface area contributed by atoms with Gasteiger partial charge in [0, 0.05) is 35.2 Å². The number of pyridine rings is 1. The summed E-state index contributed by atoms with van der Waals surface area (Å²) < 4.78 is 25.1. The van der Waals surface area contributed by atoms with E-state index in [0.29, 0.717) is 11.5 Å². The SMILES string of the molecule is CC(C)n1nc(-c2cccc(C3CC3)c2)c2ncc(C(=O)CC3(C)CS(=O)(=O)C3)cc21. The third-order valence-corrected chi connectivity index (χ3v) is 8.56. The van der Waals surface area contributed by atoms with Crippen LogP contribution in [0.2, 0.25) is 0 Å². The van der Waals surface area contributed by atoms with Gasteiger partial charge >= 0.3 is 0 Å². The summed E-state index contributed by atoms with van der Waals surface area (Å²) in [4.78, 5) is 17.6. The molecule has 1 aromatic carbocycles. The maximum Gasteiger partial charge on any atom is 0.165 e. The average molecular weight is 438 g/mol. The fourth-order valence-electron chi connectivity index (χ4n) is 4.73. The molecule has 0 N–H and O–H groups in total. The number of carbonyl (C=O) groups excluding carboxylic acids is 1. The third kappa shape index (κ3) is 3.80. The van der Waals surface area contributed by atoms with E-state index in [0.717, 1.165) is 22.3 Å². The summed E-state index contributed by atoms with van der Waals surface area (Å²) in [6.07, 6.45) is 4.32. The Bertz CT molecular complexity index is 1290. The largest absolute Gasteiger partial charge is 0.294 e. The van der Waals surface area contributed by atoms with Gasteiger partial charge in [-0.25, -0.2) is 8.42 Å². The van der Waals surface area contributed by atoms with Crippen molar-refractivity contribution < 1.29 is 13.2 Å². The summed E-state index contributed by atoms with van der Waals surface area (Å²) >= 11 is 0. The molecular formula is C24H27N3O3S. The molecule has 6 nitrogen and oxygen atoms in total. The van der Waals surface area contributed by atoms with Crippen LogP contribution in [-0.4, -0.2) is 40.5 Å². The molecule has 1 aliphatic heterocycles. The van der Waals surface area contributed by atoms with Gasteiger partial charge in [-0.15, -0.1) is 0 Å². The maximum absolute atomic E-state index is 12.9. The number of sulfone groups is 1. The summed E-state index contributed by atoms with van der Waals surface area (Å²) in [5, 5.41) is 4.86. The van der Waals surface area contributed by atoms with Crippen molar-refractivity contribution in [2.45, 2.75) is 52.0 Å². The van der Waals surface area contributed by atoms with Gasteiger partial charge in [-0.1, -0.05) is 25.1 Å². The van der Waals surface area contributed by atoms with Crippen LogP contribution in [0.1, 0.15) is 67.9 Å². The maximum atomic E-state index is 12.9. The van der Waals surface area contributed by atoms with Crippen molar-refractivity contribution in [3.8, 4) is 11.3 Å². The Kier molecular flexibility index (Phi) is 4.59. The Labute approximate surface area is 182 Å². The van der Waals surface area contributed by atoms with Crippen LogP contribution in [0.3, 0.4) is 0 Å². The highest BCUT2D eigenvalue weighted by atomic mass is 32.2. The first-order valence-electron chi connectivity index (χ1n) is 10.9. The normalized spacial score (nSPS) is 19.5. The van der Waals surface area contributed by atoms with E-state index in [1.807, 2.05) is 17.7 Å². The Morgan fingerprint density at radius 3 is 2.61 bits per heavy atom. The van der Waals surface area contributed by atoms with Gasteiger partial charge in [-0.05, 0) is 50.3 Å². The summed E-state index contributed by atoms with van der Waals surface area (Å²) in [5.74, 6) is 0.743. The minimum Gasteiger partial charge on any atom is -0.294 e.